The van der Waals surface area contributed by atoms with Crippen LogP contribution >= 0.6 is 34.3 Å². The molecule has 7 nitrogen and oxygen atoms in total. The van der Waals surface area contributed by atoms with Crippen LogP contribution in [0.25, 0.3) is 10.2 Å². The van der Waals surface area contributed by atoms with Crippen molar-refractivity contribution >= 4 is 56.4 Å². The van der Waals surface area contributed by atoms with Gasteiger partial charge < -0.3 is 18.8 Å². The first-order valence-electron chi connectivity index (χ1n) is 8.35. The van der Waals surface area contributed by atoms with E-state index < -0.39 is 5.97 Å². The van der Waals surface area contributed by atoms with E-state index in [0.29, 0.717) is 33.9 Å². The number of nitrogens with zero attached hydrogens (tertiary/aromatic N) is 2. The molecule has 0 fully saturated rings. The highest BCUT2D eigenvalue weighted by Gasteiger charge is 2.18. The summed E-state index contributed by atoms with van der Waals surface area (Å²) in [7, 11) is 1.32. The molecule has 0 spiro atoms. The maximum atomic E-state index is 12.5. The van der Waals surface area contributed by atoms with Crippen molar-refractivity contribution in [3.8, 4) is 11.5 Å². The van der Waals surface area contributed by atoms with Crippen molar-refractivity contribution in [2.24, 2.45) is 4.99 Å². The van der Waals surface area contributed by atoms with Crippen molar-refractivity contribution < 1.29 is 23.8 Å². The molecule has 0 radical (unpaired) electrons. The molecular formula is C18H15ClN2O5S2. The first kappa shape index (κ1) is 19.0. The minimum absolute atomic E-state index is 0.0624. The number of aromatic nitrogens is 1. The summed E-state index contributed by atoms with van der Waals surface area (Å²) in [5.74, 6) is 0.479. The van der Waals surface area contributed by atoms with Gasteiger partial charge in [-0.3, -0.25) is 9.59 Å². The van der Waals surface area contributed by atoms with Crippen molar-refractivity contribution in [1.29, 1.82) is 0 Å². The Morgan fingerprint density at radius 3 is 2.64 bits per heavy atom. The van der Waals surface area contributed by atoms with Crippen LogP contribution < -0.4 is 14.3 Å². The monoisotopic (exact) mass is 438 g/mol. The van der Waals surface area contributed by atoms with E-state index in [-0.39, 0.29) is 18.9 Å². The number of benzene rings is 1. The Balaban J connectivity index is 1.77. The second-order valence-electron chi connectivity index (χ2n) is 5.90. The fourth-order valence-corrected chi connectivity index (χ4v) is 4.92. The van der Waals surface area contributed by atoms with Crippen molar-refractivity contribution in [2.45, 2.75) is 13.0 Å². The number of carbonyl (C=O) groups is 2. The molecule has 0 saturated carbocycles. The molecule has 0 bridgehead atoms. The van der Waals surface area contributed by atoms with E-state index in [0.717, 1.165) is 15.1 Å². The highest BCUT2D eigenvalue weighted by molar-refractivity contribution is 7.16. The summed E-state index contributed by atoms with van der Waals surface area (Å²) in [6, 6.07) is 7.18. The van der Waals surface area contributed by atoms with Crippen LogP contribution in [0.4, 0.5) is 0 Å². The number of rotatable bonds is 4. The number of hydrogen-bond acceptors (Lipinski definition) is 7. The zero-order chi connectivity index (χ0) is 19.7. The molecule has 0 unspecified atom stereocenters. The van der Waals surface area contributed by atoms with Crippen LogP contribution in [-0.4, -0.2) is 36.8 Å². The first-order valence-corrected chi connectivity index (χ1v) is 10.4. The number of thiazole rings is 1. The minimum atomic E-state index is -0.437. The van der Waals surface area contributed by atoms with Gasteiger partial charge >= 0.3 is 5.97 Å². The molecule has 0 saturated heterocycles. The fourth-order valence-electron chi connectivity index (χ4n) is 2.78. The lowest BCUT2D eigenvalue weighted by Crippen LogP contribution is -2.22. The Kier molecular flexibility index (Phi) is 5.38. The van der Waals surface area contributed by atoms with Crippen molar-refractivity contribution in [3.05, 3.63) is 38.3 Å². The van der Waals surface area contributed by atoms with E-state index in [1.165, 1.54) is 29.8 Å². The lowest BCUT2D eigenvalue weighted by molar-refractivity contribution is -0.141. The van der Waals surface area contributed by atoms with E-state index in [4.69, 9.17) is 25.8 Å². The Morgan fingerprint density at radius 2 is 1.96 bits per heavy atom. The number of thiophene rings is 1. The number of halogens is 1. The minimum Gasteiger partial charge on any atom is -0.486 e. The predicted molar refractivity (Wildman–Crippen MR) is 106 cm³/mol. The zero-order valence-electron chi connectivity index (χ0n) is 14.8. The molecule has 1 amide bonds. The molecule has 0 aliphatic carbocycles. The average Bonchev–Trinajstić information content (AvgIpc) is 3.22. The molecule has 4 rings (SSSR count). The van der Waals surface area contributed by atoms with Gasteiger partial charge in [-0.2, -0.15) is 4.99 Å². The van der Waals surface area contributed by atoms with Crippen LogP contribution in [0.2, 0.25) is 4.34 Å². The summed E-state index contributed by atoms with van der Waals surface area (Å²) in [5.41, 5.74) is 0.727. The number of esters is 1. The normalized spacial score (nSPS) is 13.7. The lowest BCUT2D eigenvalue weighted by Gasteiger charge is -2.18. The molecule has 1 aliphatic heterocycles. The smallest absolute Gasteiger partial charge is 0.325 e. The maximum Gasteiger partial charge on any atom is 0.325 e. The standard InChI is InChI=1S/C18H15ClN2O5S2/c1-24-17(23)9-21-11-7-12-13(26-5-4-25-12)8-14(11)28-18(21)20-16(22)6-10-2-3-15(19)27-10/h2-3,7-8H,4-6,9H2,1H3. The van der Waals surface area contributed by atoms with Crippen molar-refractivity contribution in [2.75, 3.05) is 20.3 Å². The van der Waals surface area contributed by atoms with Gasteiger partial charge in [0.25, 0.3) is 5.91 Å². The number of ether oxygens (including phenoxy) is 3. The number of carbonyl (C=O) groups excluding carboxylic acids is 2. The van der Waals surface area contributed by atoms with Crippen LogP contribution in [0.1, 0.15) is 4.88 Å². The quantitative estimate of drug-likeness (QED) is 0.585. The number of amides is 1. The van der Waals surface area contributed by atoms with E-state index >= 15 is 0 Å². The number of fused-ring (bicyclic) bond motifs is 2. The Labute approximate surface area is 172 Å². The average molecular weight is 439 g/mol. The Bertz CT molecular complexity index is 1130. The zero-order valence-corrected chi connectivity index (χ0v) is 17.2. The molecule has 3 heterocycles. The Hall–Kier alpha value is -2.36. The molecule has 10 heteroatoms. The molecule has 1 aromatic carbocycles. The van der Waals surface area contributed by atoms with E-state index in [1.807, 2.05) is 6.07 Å². The molecule has 2 aromatic heterocycles. The molecule has 28 heavy (non-hydrogen) atoms. The molecule has 146 valence electrons. The summed E-state index contributed by atoms with van der Waals surface area (Å²) >= 11 is 8.56. The second-order valence-corrected chi connectivity index (χ2v) is 8.71. The summed E-state index contributed by atoms with van der Waals surface area (Å²) < 4.78 is 19.2. The van der Waals surface area contributed by atoms with Crippen LogP contribution in [0.5, 0.6) is 11.5 Å². The lowest BCUT2D eigenvalue weighted by atomic mass is 10.2. The molecule has 3 aromatic rings. The van der Waals surface area contributed by atoms with Crippen LogP contribution in [-0.2, 0) is 27.3 Å². The van der Waals surface area contributed by atoms with Gasteiger partial charge in [0.2, 0.25) is 0 Å². The fraction of sp³-hybridized carbons (Fsp3) is 0.278. The highest BCUT2D eigenvalue weighted by atomic mass is 35.5. The number of methoxy groups -OCH3 is 1. The predicted octanol–water partition coefficient (Wildman–Crippen LogP) is 3.03. The molecular weight excluding hydrogens is 424 g/mol. The third kappa shape index (κ3) is 3.91. The number of hydrogen-bond donors (Lipinski definition) is 0. The van der Waals surface area contributed by atoms with E-state index in [9.17, 15) is 9.59 Å². The summed E-state index contributed by atoms with van der Waals surface area (Å²) in [6.45, 7) is 0.872. The highest BCUT2D eigenvalue weighted by Crippen LogP contribution is 2.35. The summed E-state index contributed by atoms with van der Waals surface area (Å²) in [5, 5.41) is 0. The third-order valence-electron chi connectivity index (χ3n) is 4.04. The van der Waals surface area contributed by atoms with Gasteiger partial charge in [-0.15, -0.1) is 11.3 Å². The Morgan fingerprint density at radius 1 is 1.21 bits per heavy atom. The summed E-state index contributed by atoms with van der Waals surface area (Å²) in [4.78, 5) is 29.8. The largest absolute Gasteiger partial charge is 0.486 e. The topological polar surface area (TPSA) is 79.1 Å². The van der Waals surface area contributed by atoms with Gasteiger partial charge in [0, 0.05) is 17.0 Å². The SMILES string of the molecule is COC(=O)Cn1c(=NC(=O)Cc2ccc(Cl)s2)sc2cc3c(cc21)OCCO3. The van der Waals surface area contributed by atoms with Gasteiger partial charge in [-0.1, -0.05) is 22.9 Å². The van der Waals surface area contributed by atoms with Crippen LogP contribution in [0, 0.1) is 0 Å². The van der Waals surface area contributed by atoms with Gasteiger partial charge in [-0.25, -0.2) is 0 Å². The third-order valence-corrected chi connectivity index (χ3v) is 6.31. The van der Waals surface area contributed by atoms with Crippen LogP contribution in [0.3, 0.4) is 0 Å². The van der Waals surface area contributed by atoms with Gasteiger partial charge in [0.1, 0.15) is 19.8 Å². The molecule has 0 atom stereocenters. The summed E-state index contributed by atoms with van der Waals surface area (Å²) in [6.07, 6.45) is 0.145. The van der Waals surface area contributed by atoms with E-state index in [1.54, 1.807) is 22.8 Å². The van der Waals surface area contributed by atoms with Gasteiger partial charge in [0.15, 0.2) is 16.3 Å². The van der Waals surface area contributed by atoms with Crippen molar-refractivity contribution in [3.63, 3.8) is 0 Å². The molecule has 0 N–H and O–H groups in total. The van der Waals surface area contributed by atoms with Gasteiger partial charge in [-0.05, 0) is 12.1 Å². The second kappa shape index (κ2) is 7.94. The van der Waals surface area contributed by atoms with Gasteiger partial charge in [0.05, 0.1) is 28.1 Å². The maximum absolute atomic E-state index is 12.5. The van der Waals surface area contributed by atoms with Crippen molar-refractivity contribution in [1.82, 2.24) is 4.57 Å². The van der Waals surface area contributed by atoms with Crippen LogP contribution in [0.15, 0.2) is 29.3 Å². The van der Waals surface area contributed by atoms with E-state index in [2.05, 4.69) is 4.99 Å². The molecule has 1 aliphatic rings. The first-order chi connectivity index (χ1) is 13.5.